The van der Waals surface area contributed by atoms with E-state index in [0.717, 1.165) is 32.1 Å². The highest BCUT2D eigenvalue weighted by atomic mass is 16.5. The van der Waals surface area contributed by atoms with Crippen LogP contribution >= 0.6 is 0 Å². The number of carbonyl (C=O) groups is 1. The predicted molar refractivity (Wildman–Crippen MR) is 100 cm³/mol. The van der Waals surface area contributed by atoms with E-state index in [1.165, 1.54) is 6.42 Å². The molecule has 25 heavy (non-hydrogen) atoms. The number of methoxy groups -OCH3 is 2. The highest BCUT2D eigenvalue weighted by Gasteiger charge is 2.58. The Morgan fingerprint density at radius 2 is 1.92 bits per heavy atom. The van der Waals surface area contributed by atoms with Crippen molar-refractivity contribution < 1.29 is 14.3 Å². The van der Waals surface area contributed by atoms with Gasteiger partial charge in [0.05, 0.1) is 12.2 Å². The molecule has 0 aliphatic heterocycles. The Kier molecular flexibility index (Phi) is 5.20. The molecule has 142 valence electrons. The van der Waals surface area contributed by atoms with E-state index >= 15 is 0 Å². The second-order valence-electron chi connectivity index (χ2n) is 9.12. The van der Waals surface area contributed by atoms with Gasteiger partial charge in [-0.25, -0.2) is 0 Å². The minimum absolute atomic E-state index is 0.132. The number of hydrogen-bond donors (Lipinski definition) is 0. The normalized spacial score (nSPS) is 46.8. The van der Waals surface area contributed by atoms with Gasteiger partial charge < -0.3 is 9.47 Å². The molecule has 0 N–H and O–H groups in total. The number of fused-ring (bicyclic) bond motifs is 3. The number of rotatable bonds is 4. The molecule has 3 aliphatic carbocycles. The van der Waals surface area contributed by atoms with Crippen molar-refractivity contribution in [2.75, 3.05) is 14.2 Å². The molecule has 0 amide bonds. The molecule has 2 fully saturated rings. The van der Waals surface area contributed by atoms with Gasteiger partial charge in [0.2, 0.25) is 0 Å². The molecule has 7 unspecified atom stereocenters. The highest BCUT2D eigenvalue weighted by Crippen LogP contribution is 2.62. The summed E-state index contributed by atoms with van der Waals surface area (Å²) in [7, 11) is 3.67. The van der Waals surface area contributed by atoms with Gasteiger partial charge in [-0.15, -0.1) is 0 Å². The SMILES string of the molecule is CCC1C2C(OC)C=C3CC(OC)CCC3(C)C2CCC1(C)C(C)=O. The molecule has 7 atom stereocenters. The van der Waals surface area contributed by atoms with Crippen LogP contribution in [0.15, 0.2) is 11.6 Å². The number of hydrogen-bond acceptors (Lipinski definition) is 3. The van der Waals surface area contributed by atoms with Gasteiger partial charge in [0.1, 0.15) is 5.78 Å². The summed E-state index contributed by atoms with van der Waals surface area (Å²) in [5, 5.41) is 0. The standard InChI is InChI=1S/C22H36O3/c1-7-17-20-18(9-11-21(17,3)14(2)23)22(4)10-8-16(24-5)12-15(22)13-19(20)25-6/h13,16-20H,7-12H2,1-6H3. The van der Waals surface area contributed by atoms with Crippen LogP contribution in [0.25, 0.3) is 0 Å². The zero-order valence-corrected chi connectivity index (χ0v) is 16.9. The van der Waals surface area contributed by atoms with Crippen molar-refractivity contribution in [3.05, 3.63) is 11.6 Å². The van der Waals surface area contributed by atoms with Crippen molar-refractivity contribution in [2.24, 2.45) is 28.6 Å². The van der Waals surface area contributed by atoms with Crippen LogP contribution < -0.4 is 0 Å². The summed E-state index contributed by atoms with van der Waals surface area (Å²) in [6, 6.07) is 0. The van der Waals surface area contributed by atoms with Crippen LogP contribution in [0.3, 0.4) is 0 Å². The fraction of sp³-hybridized carbons (Fsp3) is 0.864. The maximum Gasteiger partial charge on any atom is 0.135 e. The Morgan fingerprint density at radius 3 is 2.48 bits per heavy atom. The summed E-state index contributed by atoms with van der Waals surface area (Å²) < 4.78 is 11.7. The van der Waals surface area contributed by atoms with Gasteiger partial charge in [0.15, 0.2) is 0 Å². The molecule has 0 aromatic rings. The lowest BCUT2D eigenvalue weighted by molar-refractivity contribution is -0.145. The molecule has 3 nitrogen and oxygen atoms in total. The Bertz CT molecular complexity index is 553. The van der Waals surface area contributed by atoms with Crippen LogP contribution in [0.5, 0.6) is 0 Å². The van der Waals surface area contributed by atoms with Crippen molar-refractivity contribution >= 4 is 5.78 Å². The van der Waals surface area contributed by atoms with Crippen molar-refractivity contribution in [2.45, 2.75) is 78.4 Å². The molecule has 2 saturated carbocycles. The molecule has 3 aliphatic rings. The van der Waals surface area contributed by atoms with Gasteiger partial charge in [0.25, 0.3) is 0 Å². The summed E-state index contributed by atoms with van der Waals surface area (Å²) in [5.41, 5.74) is 1.60. The zero-order valence-electron chi connectivity index (χ0n) is 16.9. The molecule has 0 spiro atoms. The summed E-state index contributed by atoms with van der Waals surface area (Å²) in [6.07, 6.45) is 9.48. The number of ketones is 1. The predicted octanol–water partition coefficient (Wildman–Crippen LogP) is 4.79. The first-order valence-electron chi connectivity index (χ1n) is 10.1. The summed E-state index contributed by atoms with van der Waals surface area (Å²) >= 11 is 0. The number of carbonyl (C=O) groups excluding carboxylic acids is 1. The van der Waals surface area contributed by atoms with Gasteiger partial charge in [-0.2, -0.15) is 0 Å². The first-order chi connectivity index (χ1) is 11.8. The van der Waals surface area contributed by atoms with Gasteiger partial charge in [-0.1, -0.05) is 38.8 Å². The molecule has 0 bridgehead atoms. The van der Waals surface area contributed by atoms with Crippen LogP contribution in [0, 0.1) is 28.6 Å². The smallest absolute Gasteiger partial charge is 0.135 e. The van der Waals surface area contributed by atoms with E-state index in [1.807, 2.05) is 14.2 Å². The van der Waals surface area contributed by atoms with Crippen molar-refractivity contribution in [3.63, 3.8) is 0 Å². The van der Waals surface area contributed by atoms with Crippen molar-refractivity contribution in [1.82, 2.24) is 0 Å². The number of ether oxygens (including phenoxy) is 2. The van der Waals surface area contributed by atoms with Crippen LogP contribution in [-0.2, 0) is 14.3 Å². The maximum absolute atomic E-state index is 12.5. The molecule has 3 heteroatoms. The van der Waals surface area contributed by atoms with E-state index in [1.54, 1.807) is 12.5 Å². The zero-order chi connectivity index (χ0) is 18.4. The molecule has 0 radical (unpaired) electrons. The monoisotopic (exact) mass is 348 g/mol. The van der Waals surface area contributed by atoms with Crippen molar-refractivity contribution in [1.29, 1.82) is 0 Å². The van der Waals surface area contributed by atoms with Gasteiger partial charge in [-0.3, -0.25) is 4.79 Å². The third kappa shape index (κ3) is 2.82. The number of Topliss-reactive ketones (excluding diaryl/α,β-unsaturated/α-hetero) is 1. The second kappa shape index (κ2) is 6.81. The Labute approximate surface area is 153 Å². The van der Waals surface area contributed by atoms with Gasteiger partial charge in [0, 0.05) is 19.6 Å². The van der Waals surface area contributed by atoms with Crippen LogP contribution in [0.1, 0.15) is 66.2 Å². The Hall–Kier alpha value is -0.670. The highest BCUT2D eigenvalue weighted by molar-refractivity contribution is 5.82. The van der Waals surface area contributed by atoms with E-state index in [0.29, 0.717) is 29.6 Å². The Balaban J connectivity index is 2.03. The quantitative estimate of drug-likeness (QED) is 0.685. The van der Waals surface area contributed by atoms with Gasteiger partial charge >= 0.3 is 0 Å². The van der Waals surface area contributed by atoms with E-state index in [-0.39, 0.29) is 16.9 Å². The lowest BCUT2D eigenvalue weighted by Crippen LogP contribution is -2.56. The topological polar surface area (TPSA) is 35.5 Å². The molecular formula is C22H36O3. The third-order valence-corrected chi connectivity index (χ3v) is 8.30. The molecular weight excluding hydrogens is 312 g/mol. The lowest BCUT2D eigenvalue weighted by atomic mass is 9.46. The first-order valence-corrected chi connectivity index (χ1v) is 10.1. The van der Waals surface area contributed by atoms with Gasteiger partial charge in [-0.05, 0) is 62.2 Å². The largest absolute Gasteiger partial charge is 0.381 e. The summed E-state index contributed by atoms with van der Waals surface area (Å²) in [6.45, 7) is 8.72. The summed E-state index contributed by atoms with van der Waals surface area (Å²) in [4.78, 5) is 12.5. The molecule has 0 aromatic carbocycles. The minimum Gasteiger partial charge on any atom is -0.381 e. The molecule has 0 aromatic heterocycles. The average Bonchev–Trinajstić information content (AvgIpc) is 2.60. The third-order valence-electron chi connectivity index (χ3n) is 8.30. The van der Waals surface area contributed by atoms with E-state index < -0.39 is 0 Å². The molecule has 3 rings (SSSR count). The fourth-order valence-corrected chi connectivity index (χ4v) is 6.52. The first kappa shape index (κ1) is 19.1. The average molecular weight is 349 g/mol. The van der Waals surface area contributed by atoms with E-state index in [9.17, 15) is 4.79 Å². The minimum atomic E-state index is -0.196. The lowest BCUT2D eigenvalue weighted by Gasteiger charge is -2.59. The Morgan fingerprint density at radius 1 is 1.20 bits per heavy atom. The van der Waals surface area contributed by atoms with Crippen molar-refractivity contribution in [3.8, 4) is 0 Å². The molecule has 0 saturated heterocycles. The summed E-state index contributed by atoms with van der Waals surface area (Å²) in [5.74, 6) is 1.83. The second-order valence-corrected chi connectivity index (χ2v) is 9.12. The van der Waals surface area contributed by atoms with E-state index in [2.05, 4.69) is 26.8 Å². The molecule has 0 heterocycles. The van der Waals surface area contributed by atoms with Crippen LogP contribution in [-0.4, -0.2) is 32.2 Å². The van der Waals surface area contributed by atoms with Crippen LogP contribution in [0.2, 0.25) is 0 Å². The maximum atomic E-state index is 12.5. The van der Waals surface area contributed by atoms with Crippen LogP contribution in [0.4, 0.5) is 0 Å². The van der Waals surface area contributed by atoms with E-state index in [4.69, 9.17) is 9.47 Å². The fourth-order valence-electron chi connectivity index (χ4n) is 6.52.